The molecule has 0 aliphatic rings. The number of halogens is 1. The summed E-state index contributed by atoms with van der Waals surface area (Å²) in [5.41, 5.74) is 1.07. The van der Waals surface area contributed by atoms with Crippen LogP contribution in [0.3, 0.4) is 0 Å². The highest BCUT2D eigenvalue weighted by Crippen LogP contribution is 2.18. The summed E-state index contributed by atoms with van der Waals surface area (Å²) >= 11 is 1.44. The van der Waals surface area contributed by atoms with Crippen LogP contribution in [0.25, 0.3) is 0 Å². The van der Waals surface area contributed by atoms with Crippen molar-refractivity contribution in [3.05, 3.63) is 48.0 Å². The van der Waals surface area contributed by atoms with Gasteiger partial charge in [-0.3, -0.25) is 9.48 Å². The van der Waals surface area contributed by atoms with E-state index in [-0.39, 0.29) is 11.6 Å². The first-order valence-electron chi connectivity index (χ1n) is 6.01. The standard InChI is InChI=1S/C14H15FN2OS/c1-17-9-11(8-16-17)2-5-13(18)10-19-14-6-3-12(15)4-7-14/h3-4,6-9H,2,5,10H2,1H3. The van der Waals surface area contributed by atoms with Crippen molar-refractivity contribution in [3.63, 3.8) is 0 Å². The maximum absolute atomic E-state index is 12.7. The van der Waals surface area contributed by atoms with Gasteiger partial charge in [-0.05, 0) is 36.2 Å². The van der Waals surface area contributed by atoms with Crippen LogP contribution in [0.15, 0.2) is 41.6 Å². The number of nitrogens with zero attached hydrogens (tertiary/aromatic N) is 2. The van der Waals surface area contributed by atoms with Gasteiger partial charge in [0.25, 0.3) is 0 Å². The van der Waals surface area contributed by atoms with Crippen LogP contribution < -0.4 is 0 Å². The van der Waals surface area contributed by atoms with Crippen LogP contribution >= 0.6 is 11.8 Å². The largest absolute Gasteiger partial charge is 0.299 e. The summed E-state index contributed by atoms with van der Waals surface area (Å²) < 4.78 is 14.4. The second-order valence-electron chi connectivity index (χ2n) is 4.30. The Bertz CT molecular complexity index is 551. The van der Waals surface area contributed by atoms with Crippen molar-refractivity contribution in [2.24, 2.45) is 7.05 Å². The minimum Gasteiger partial charge on any atom is -0.299 e. The van der Waals surface area contributed by atoms with Gasteiger partial charge in [-0.25, -0.2) is 4.39 Å². The fraction of sp³-hybridized carbons (Fsp3) is 0.286. The molecule has 1 heterocycles. The summed E-state index contributed by atoms with van der Waals surface area (Å²) in [4.78, 5) is 12.7. The molecule has 0 unspecified atom stereocenters. The first kappa shape index (κ1) is 13.8. The molecule has 2 rings (SSSR count). The van der Waals surface area contributed by atoms with E-state index >= 15 is 0 Å². The van der Waals surface area contributed by atoms with Crippen molar-refractivity contribution in [1.82, 2.24) is 9.78 Å². The average Bonchev–Trinajstić information content (AvgIpc) is 2.81. The van der Waals surface area contributed by atoms with E-state index < -0.39 is 0 Å². The van der Waals surface area contributed by atoms with Gasteiger partial charge >= 0.3 is 0 Å². The summed E-state index contributed by atoms with van der Waals surface area (Å²) in [5.74, 6) is 0.358. The lowest BCUT2D eigenvalue weighted by atomic mass is 10.1. The van der Waals surface area contributed by atoms with Crippen molar-refractivity contribution in [2.75, 3.05) is 5.75 Å². The van der Waals surface area contributed by atoms with E-state index in [0.29, 0.717) is 12.2 Å². The highest BCUT2D eigenvalue weighted by Gasteiger charge is 2.05. The van der Waals surface area contributed by atoms with E-state index in [1.807, 2.05) is 13.2 Å². The summed E-state index contributed by atoms with van der Waals surface area (Å²) in [5, 5.41) is 4.06. The van der Waals surface area contributed by atoms with Crippen LogP contribution in [-0.4, -0.2) is 21.3 Å². The third-order valence-electron chi connectivity index (χ3n) is 2.66. The van der Waals surface area contributed by atoms with Gasteiger partial charge < -0.3 is 0 Å². The molecular formula is C14H15FN2OS. The van der Waals surface area contributed by atoms with Gasteiger partial charge in [0.15, 0.2) is 0 Å². The van der Waals surface area contributed by atoms with Crippen molar-refractivity contribution in [2.45, 2.75) is 17.7 Å². The molecule has 100 valence electrons. The molecule has 0 radical (unpaired) electrons. The highest BCUT2D eigenvalue weighted by molar-refractivity contribution is 8.00. The predicted molar refractivity (Wildman–Crippen MR) is 73.7 cm³/mol. The Morgan fingerprint density at radius 1 is 1.37 bits per heavy atom. The zero-order valence-corrected chi connectivity index (χ0v) is 11.5. The molecule has 0 spiro atoms. The molecule has 5 heteroatoms. The Balaban J connectivity index is 1.74. The van der Waals surface area contributed by atoms with Gasteiger partial charge in [-0.15, -0.1) is 11.8 Å². The van der Waals surface area contributed by atoms with E-state index in [0.717, 1.165) is 16.9 Å². The molecule has 0 N–H and O–H groups in total. The monoisotopic (exact) mass is 278 g/mol. The number of rotatable bonds is 6. The van der Waals surface area contributed by atoms with E-state index in [2.05, 4.69) is 5.10 Å². The van der Waals surface area contributed by atoms with Crippen LogP contribution in [0, 0.1) is 5.82 Å². The molecule has 0 aliphatic carbocycles. The molecule has 0 aliphatic heterocycles. The minimum absolute atomic E-state index is 0.193. The fourth-order valence-corrected chi connectivity index (χ4v) is 2.45. The Morgan fingerprint density at radius 2 is 2.11 bits per heavy atom. The Labute approximate surface area is 115 Å². The van der Waals surface area contributed by atoms with Crippen molar-refractivity contribution >= 4 is 17.5 Å². The first-order valence-corrected chi connectivity index (χ1v) is 6.99. The molecule has 0 atom stereocenters. The molecule has 2 aromatic rings. The number of ketones is 1. The third-order valence-corrected chi connectivity index (χ3v) is 3.74. The van der Waals surface area contributed by atoms with Crippen LogP contribution in [0.1, 0.15) is 12.0 Å². The second-order valence-corrected chi connectivity index (χ2v) is 5.35. The lowest BCUT2D eigenvalue weighted by Gasteiger charge is -2.01. The van der Waals surface area contributed by atoms with Crippen molar-refractivity contribution in [3.8, 4) is 0 Å². The van der Waals surface area contributed by atoms with Gasteiger partial charge in [0.2, 0.25) is 0 Å². The molecule has 0 saturated heterocycles. The van der Waals surface area contributed by atoms with Gasteiger partial charge in [0.05, 0.1) is 11.9 Å². The Kier molecular flexibility index (Phi) is 4.74. The molecule has 0 saturated carbocycles. The normalized spacial score (nSPS) is 10.6. The number of aromatic nitrogens is 2. The maximum Gasteiger partial charge on any atom is 0.143 e. The lowest BCUT2D eigenvalue weighted by Crippen LogP contribution is -2.02. The van der Waals surface area contributed by atoms with E-state index in [4.69, 9.17) is 0 Å². The molecule has 19 heavy (non-hydrogen) atoms. The zero-order chi connectivity index (χ0) is 13.7. The topological polar surface area (TPSA) is 34.9 Å². The van der Waals surface area contributed by atoms with Crippen LogP contribution in [0.5, 0.6) is 0 Å². The molecule has 3 nitrogen and oxygen atoms in total. The van der Waals surface area contributed by atoms with E-state index in [9.17, 15) is 9.18 Å². The fourth-order valence-electron chi connectivity index (χ4n) is 1.65. The second kappa shape index (κ2) is 6.52. The molecule has 0 amide bonds. The molecule has 0 fully saturated rings. The average molecular weight is 278 g/mol. The lowest BCUT2D eigenvalue weighted by molar-refractivity contribution is -0.116. The van der Waals surface area contributed by atoms with Crippen molar-refractivity contribution in [1.29, 1.82) is 0 Å². The van der Waals surface area contributed by atoms with Gasteiger partial charge in [-0.2, -0.15) is 5.10 Å². The van der Waals surface area contributed by atoms with Crippen LogP contribution in [0.4, 0.5) is 4.39 Å². The SMILES string of the molecule is Cn1cc(CCC(=O)CSc2ccc(F)cc2)cn1. The number of thioether (sulfide) groups is 1. The number of carbonyl (C=O) groups is 1. The summed E-state index contributed by atoms with van der Waals surface area (Å²) in [7, 11) is 1.86. The third kappa shape index (κ3) is 4.52. The molecule has 1 aromatic heterocycles. The van der Waals surface area contributed by atoms with Crippen molar-refractivity contribution < 1.29 is 9.18 Å². The summed E-state index contributed by atoms with van der Waals surface area (Å²) in [6, 6.07) is 6.19. The number of hydrogen-bond acceptors (Lipinski definition) is 3. The van der Waals surface area contributed by atoms with Gasteiger partial charge in [0, 0.05) is 24.6 Å². The quantitative estimate of drug-likeness (QED) is 0.762. The van der Waals surface area contributed by atoms with Gasteiger partial charge in [-0.1, -0.05) is 0 Å². The Hall–Kier alpha value is -1.62. The smallest absolute Gasteiger partial charge is 0.143 e. The van der Waals surface area contributed by atoms with Crippen LogP contribution in [-0.2, 0) is 18.3 Å². The number of hydrogen-bond donors (Lipinski definition) is 0. The Morgan fingerprint density at radius 3 is 2.74 bits per heavy atom. The summed E-state index contributed by atoms with van der Waals surface area (Å²) in [6.07, 6.45) is 4.93. The predicted octanol–water partition coefficient (Wildman–Crippen LogP) is 2.85. The zero-order valence-electron chi connectivity index (χ0n) is 10.7. The molecular weight excluding hydrogens is 263 g/mol. The number of aryl methyl sites for hydroxylation is 2. The maximum atomic E-state index is 12.7. The van der Waals surface area contributed by atoms with Gasteiger partial charge in [0.1, 0.15) is 11.6 Å². The summed E-state index contributed by atoms with van der Waals surface area (Å²) in [6.45, 7) is 0. The highest BCUT2D eigenvalue weighted by atomic mass is 32.2. The van der Waals surface area contributed by atoms with Crippen LogP contribution in [0.2, 0.25) is 0 Å². The van der Waals surface area contributed by atoms with E-state index in [1.54, 1.807) is 23.0 Å². The molecule has 1 aromatic carbocycles. The number of benzene rings is 1. The minimum atomic E-state index is -0.257. The molecule has 0 bridgehead atoms. The number of carbonyl (C=O) groups excluding carboxylic acids is 1. The number of Topliss-reactive ketones (excluding diaryl/α,β-unsaturated/α-hetero) is 1. The van der Waals surface area contributed by atoms with E-state index in [1.165, 1.54) is 23.9 Å². The first-order chi connectivity index (χ1) is 9.13.